The smallest absolute Gasteiger partial charge is 0.0823 e. The number of benzene rings is 1. The van der Waals surface area contributed by atoms with E-state index in [9.17, 15) is 5.26 Å². The van der Waals surface area contributed by atoms with Crippen LogP contribution in [0.1, 0.15) is 43.2 Å². The van der Waals surface area contributed by atoms with Gasteiger partial charge in [-0.1, -0.05) is 29.8 Å². The topological polar surface area (TPSA) is 27.0 Å². The molecule has 0 atom stereocenters. The Morgan fingerprint density at radius 1 is 1.30 bits per heavy atom. The Balaban J connectivity index is 1.75. The highest BCUT2D eigenvalue weighted by Crippen LogP contribution is 2.41. The van der Waals surface area contributed by atoms with Crippen LogP contribution in [0.2, 0.25) is 0 Å². The second-order valence-electron chi connectivity index (χ2n) is 6.37. The molecule has 0 bridgehead atoms. The highest BCUT2D eigenvalue weighted by Gasteiger charge is 2.39. The summed E-state index contributed by atoms with van der Waals surface area (Å²) in [6.07, 6.45) is 7.96. The van der Waals surface area contributed by atoms with E-state index in [1.807, 2.05) is 0 Å². The van der Waals surface area contributed by atoms with Gasteiger partial charge in [-0.2, -0.15) is 5.26 Å². The van der Waals surface area contributed by atoms with Crippen molar-refractivity contribution >= 4 is 0 Å². The SMILES string of the molecule is Cc1cccc(C2(C#N)CCC(N3C[CH]CC3)CC2)c1. The third-order valence-corrected chi connectivity index (χ3v) is 5.09. The molecule has 3 rings (SSSR count). The van der Waals surface area contributed by atoms with Gasteiger partial charge in [-0.25, -0.2) is 0 Å². The summed E-state index contributed by atoms with van der Waals surface area (Å²) in [6.45, 7) is 4.48. The standard InChI is InChI=1S/C18H23N2/c1-15-5-4-6-16(13-15)18(14-19)9-7-17(8-10-18)20-11-2-3-12-20/h2,4-6,13,17H,3,7-12H2,1H3. The van der Waals surface area contributed by atoms with Crippen LogP contribution in [0.4, 0.5) is 0 Å². The molecule has 1 aliphatic carbocycles. The molecule has 0 aromatic heterocycles. The Kier molecular flexibility index (Phi) is 3.81. The van der Waals surface area contributed by atoms with Crippen LogP contribution >= 0.6 is 0 Å². The minimum Gasteiger partial charge on any atom is -0.300 e. The fourth-order valence-electron chi connectivity index (χ4n) is 3.81. The molecule has 1 aliphatic heterocycles. The third-order valence-electron chi connectivity index (χ3n) is 5.09. The van der Waals surface area contributed by atoms with Gasteiger partial charge in [0.1, 0.15) is 0 Å². The van der Waals surface area contributed by atoms with E-state index >= 15 is 0 Å². The number of likely N-dealkylation sites (tertiary alicyclic amines) is 1. The van der Waals surface area contributed by atoms with Gasteiger partial charge in [0, 0.05) is 12.6 Å². The first kappa shape index (κ1) is 13.6. The van der Waals surface area contributed by atoms with Crippen molar-refractivity contribution in [1.29, 1.82) is 5.26 Å². The molecule has 1 aromatic carbocycles. The van der Waals surface area contributed by atoms with E-state index in [2.05, 4.69) is 48.6 Å². The van der Waals surface area contributed by atoms with Crippen molar-refractivity contribution in [3.8, 4) is 6.07 Å². The van der Waals surface area contributed by atoms with Crippen molar-refractivity contribution in [3.05, 3.63) is 41.8 Å². The molecular formula is C18H23N2. The first-order valence-electron chi connectivity index (χ1n) is 7.78. The van der Waals surface area contributed by atoms with Crippen molar-refractivity contribution < 1.29 is 0 Å². The van der Waals surface area contributed by atoms with Crippen LogP contribution in [0.3, 0.4) is 0 Å². The predicted octanol–water partition coefficient (Wildman–Crippen LogP) is 3.61. The van der Waals surface area contributed by atoms with Crippen LogP contribution in [0.25, 0.3) is 0 Å². The second kappa shape index (κ2) is 5.58. The molecule has 0 unspecified atom stereocenters. The summed E-state index contributed by atoms with van der Waals surface area (Å²) in [5.41, 5.74) is 2.24. The first-order valence-corrected chi connectivity index (χ1v) is 7.78. The van der Waals surface area contributed by atoms with Crippen molar-refractivity contribution in [1.82, 2.24) is 4.90 Å². The zero-order chi connectivity index (χ0) is 14.0. The molecule has 1 aromatic rings. The lowest BCUT2D eigenvalue weighted by molar-refractivity contribution is 0.168. The number of hydrogen-bond acceptors (Lipinski definition) is 2. The molecular weight excluding hydrogens is 244 g/mol. The van der Waals surface area contributed by atoms with Gasteiger partial charge >= 0.3 is 0 Å². The monoisotopic (exact) mass is 267 g/mol. The quantitative estimate of drug-likeness (QED) is 0.818. The molecule has 1 radical (unpaired) electrons. The van der Waals surface area contributed by atoms with Crippen LogP contribution in [-0.4, -0.2) is 24.0 Å². The minimum atomic E-state index is -0.244. The Bertz CT molecular complexity index is 500. The molecule has 2 nitrogen and oxygen atoms in total. The summed E-state index contributed by atoms with van der Waals surface area (Å²) in [6, 6.07) is 11.9. The van der Waals surface area contributed by atoms with Crippen LogP contribution in [0, 0.1) is 24.7 Å². The maximum atomic E-state index is 9.77. The van der Waals surface area contributed by atoms with E-state index in [-0.39, 0.29) is 5.41 Å². The first-order chi connectivity index (χ1) is 9.73. The average molecular weight is 267 g/mol. The largest absolute Gasteiger partial charge is 0.300 e. The van der Waals surface area contributed by atoms with E-state index in [1.54, 1.807) is 0 Å². The number of nitrogens with zero attached hydrogens (tertiary/aromatic N) is 2. The molecule has 1 saturated carbocycles. The van der Waals surface area contributed by atoms with Gasteiger partial charge in [0.2, 0.25) is 0 Å². The number of rotatable bonds is 2. The Hall–Kier alpha value is -1.33. The number of aryl methyl sites for hydroxylation is 1. The molecule has 1 saturated heterocycles. The van der Waals surface area contributed by atoms with Crippen molar-refractivity contribution in [3.63, 3.8) is 0 Å². The predicted molar refractivity (Wildman–Crippen MR) is 81.2 cm³/mol. The zero-order valence-electron chi connectivity index (χ0n) is 12.3. The van der Waals surface area contributed by atoms with Gasteiger partial charge in [0.15, 0.2) is 0 Å². The average Bonchev–Trinajstić information content (AvgIpc) is 3.01. The van der Waals surface area contributed by atoms with Gasteiger partial charge in [0.05, 0.1) is 11.5 Å². The minimum absolute atomic E-state index is 0.244. The molecule has 0 N–H and O–H groups in total. The maximum absolute atomic E-state index is 9.77. The molecule has 2 fully saturated rings. The van der Waals surface area contributed by atoms with E-state index in [1.165, 1.54) is 24.1 Å². The van der Waals surface area contributed by atoms with Crippen LogP contribution in [-0.2, 0) is 5.41 Å². The van der Waals surface area contributed by atoms with Crippen molar-refractivity contribution in [2.75, 3.05) is 13.1 Å². The molecule has 20 heavy (non-hydrogen) atoms. The molecule has 105 valence electrons. The number of nitriles is 1. The lowest BCUT2D eigenvalue weighted by Crippen LogP contribution is -2.40. The fourth-order valence-corrected chi connectivity index (χ4v) is 3.81. The number of hydrogen-bond donors (Lipinski definition) is 0. The summed E-state index contributed by atoms with van der Waals surface area (Å²) < 4.78 is 0. The fraction of sp³-hybridized carbons (Fsp3) is 0.556. The van der Waals surface area contributed by atoms with Crippen molar-refractivity contribution in [2.45, 2.75) is 50.5 Å². The Morgan fingerprint density at radius 2 is 2.10 bits per heavy atom. The maximum Gasteiger partial charge on any atom is 0.0823 e. The van der Waals surface area contributed by atoms with Crippen molar-refractivity contribution in [2.24, 2.45) is 0 Å². The third kappa shape index (κ3) is 2.47. The normalized spacial score (nSPS) is 31.1. The molecule has 1 heterocycles. The van der Waals surface area contributed by atoms with Crippen LogP contribution in [0.15, 0.2) is 24.3 Å². The van der Waals surface area contributed by atoms with Gasteiger partial charge < -0.3 is 4.90 Å². The highest BCUT2D eigenvalue weighted by molar-refractivity contribution is 5.35. The molecule has 0 amide bonds. The lowest BCUT2D eigenvalue weighted by Gasteiger charge is -2.39. The lowest BCUT2D eigenvalue weighted by atomic mass is 9.69. The molecule has 2 aliphatic rings. The zero-order valence-corrected chi connectivity index (χ0v) is 12.3. The van der Waals surface area contributed by atoms with E-state index in [0.717, 1.165) is 32.2 Å². The Labute approximate surface area is 122 Å². The van der Waals surface area contributed by atoms with Gasteiger partial charge in [0.25, 0.3) is 0 Å². The molecule has 2 heteroatoms. The summed E-state index contributed by atoms with van der Waals surface area (Å²) >= 11 is 0. The highest BCUT2D eigenvalue weighted by atomic mass is 15.2. The van der Waals surface area contributed by atoms with Gasteiger partial charge in [-0.15, -0.1) is 0 Å². The Morgan fingerprint density at radius 3 is 2.70 bits per heavy atom. The van der Waals surface area contributed by atoms with E-state index in [4.69, 9.17) is 0 Å². The van der Waals surface area contributed by atoms with Gasteiger partial charge in [-0.3, -0.25) is 0 Å². The van der Waals surface area contributed by atoms with Crippen LogP contribution < -0.4 is 0 Å². The summed E-state index contributed by atoms with van der Waals surface area (Å²) in [5.74, 6) is 0. The summed E-state index contributed by atoms with van der Waals surface area (Å²) in [7, 11) is 0. The summed E-state index contributed by atoms with van der Waals surface area (Å²) in [4.78, 5) is 2.59. The summed E-state index contributed by atoms with van der Waals surface area (Å²) in [5, 5.41) is 9.77. The van der Waals surface area contributed by atoms with E-state index < -0.39 is 0 Å². The van der Waals surface area contributed by atoms with Gasteiger partial charge in [-0.05, 0) is 57.6 Å². The van der Waals surface area contributed by atoms with E-state index in [0.29, 0.717) is 6.04 Å². The second-order valence-corrected chi connectivity index (χ2v) is 6.37. The van der Waals surface area contributed by atoms with Crippen LogP contribution in [0.5, 0.6) is 0 Å². The molecule has 0 spiro atoms.